The number of Topliss-reactive ketones (excluding diaryl/α,β-unsaturated/α-hetero) is 1. The highest BCUT2D eigenvalue weighted by Crippen LogP contribution is 2.43. The molecule has 0 fully saturated rings. The van der Waals surface area contributed by atoms with Crippen LogP contribution in [0.5, 0.6) is 0 Å². The van der Waals surface area contributed by atoms with Gasteiger partial charge in [-0.2, -0.15) is 0 Å². The van der Waals surface area contributed by atoms with Crippen molar-refractivity contribution in [3.8, 4) is 0 Å². The third-order valence-corrected chi connectivity index (χ3v) is 6.15. The van der Waals surface area contributed by atoms with E-state index in [9.17, 15) is 9.59 Å². The van der Waals surface area contributed by atoms with E-state index in [1.54, 1.807) is 6.07 Å². The highest BCUT2D eigenvalue weighted by Gasteiger charge is 2.39. The number of hydrogen-bond acceptors (Lipinski definition) is 5. The molecule has 1 aliphatic carbocycles. The summed E-state index contributed by atoms with van der Waals surface area (Å²) < 4.78 is 0. The first kappa shape index (κ1) is 21.8. The van der Waals surface area contributed by atoms with Crippen LogP contribution in [0.2, 0.25) is 0 Å². The van der Waals surface area contributed by atoms with Gasteiger partial charge in [-0.25, -0.2) is 4.98 Å². The van der Waals surface area contributed by atoms with Crippen molar-refractivity contribution in [2.75, 3.05) is 24.3 Å². The third-order valence-electron chi connectivity index (χ3n) is 6.15. The van der Waals surface area contributed by atoms with Crippen molar-refractivity contribution in [2.24, 2.45) is 5.92 Å². The van der Waals surface area contributed by atoms with Crippen LogP contribution in [-0.2, 0) is 9.59 Å². The summed E-state index contributed by atoms with van der Waals surface area (Å²) in [6, 6.07) is 13.6. The summed E-state index contributed by atoms with van der Waals surface area (Å²) in [6.07, 6.45) is 1.30. The maximum atomic E-state index is 13.5. The molecule has 1 aromatic heterocycles. The van der Waals surface area contributed by atoms with Crippen LogP contribution in [-0.4, -0.2) is 30.8 Å². The zero-order valence-electron chi connectivity index (χ0n) is 19.3. The Labute approximate surface area is 189 Å². The van der Waals surface area contributed by atoms with Crippen molar-refractivity contribution >= 4 is 23.2 Å². The zero-order valence-corrected chi connectivity index (χ0v) is 19.3. The van der Waals surface area contributed by atoms with Gasteiger partial charge in [0, 0.05) is 60.4 Å². The molecular formula is C26H30N4O2. The average Bonchev–Trinajstić information content (AvgIpc) is 2.72. The topological polar surface area (TPSA) is 74.3 Å². The number of allylic oxidation sites excluding steroid dienone is 3. The van der Waals surface area contributed by atoms with Crippen molar-refractivity contribution in [2.45, 2.75) is 39.5 Å². The largest absolute Gasteiger partial charge is 0.378 e. The number of aromatic nitrogens is 1. The molecule has 1 amide bonds. The van der Waals surface area contributed by atoms with E-state index in [-0.39, 0.29) is 17.6 Å². The van der Waals surface area contributed by atoms with Gasteiger partial charge in [-0.15, -0.1) is 0 Å². The van der Waals surface area contributed by atoms with Crippen molar-refractivity contribution in [3.05, 3.63) is 76.3 Å². The van der Waals surface area contributed by atoms with E-state index in [0.29, 0.717) is 23.4 Å². The van der Waals surface area contributed by atoms with Crippen LogP contribution in [0.25, 0.3) is 0 Å². The van der Waals surface area contributed by atoms with Crippen LogP contribution in [0, 0.1) is 12.8 Å². The van der Waals surface area contributed by atoms with Gasteiger partial charge in [0.05, 0.1) is 0 Å². The van der Waals surface area contributed by atoms with Gasteiger partial charge in [0.15, 0.2) is 5.78 Å². The average molecular weight is 431 g/mol. The number of hydrogen-bond donors (Lipinski definition) is 2. The smallest absolute Gasteiger partial charge is 0.255 e. The van der Waals surface area contributed by atoms with Gasteiger partial charge in [-0.05, 0) is 56.0 Å². The van der Waals surface area contributed by atoms with Gasteiger partial charge in [0.1, 0.15) is 5.82 Å². The van der Waals surface area contributed by atoms with Crippen LogP contribution in [0.4, 0.5) is 11.5 Å². The lowest BCUT2D eigenvalue weighted by Crippen LogP contribution is -2.37. The third kappa shape index (κ3) is 4.17. The molecule has 1 aliphatic heterocycles. The Hall–Kier alpha value is -3.41. The lowest BCUT2D eigenvalue weighted by atomic mass is 9.73. The number of amides is 1. The minimum absolute atomic E-state index is 0.111. The summed E-state index contributed by atoms with van der Waals surface area (Å²) in [5, 5.41) is 6.33. The molecule has 0 unspecified atom stereocenters. The minimum atomic E-state index is -0.410. The first-order chi connectivity index (χ1) is 15.2. The maximum Gasteiger partial charge on any atom is 0.255 e. The molecule has 0 saturated carbocycles. The number of ketones is 1. The van der Waals surface area contributed by atoms with Crippen molar-refractivity contribution < 1.29 is 9.59 Å². The van der Waals surface area contributed by atoms with E-state index in [0.717, 1.165) is 34.8 Å². The SMILES string of the molecule is CC1=C(C(=O)Nc2cccc(C)n2)[C@H](c2ccc(N(C)C)cc2)C2=C(C[C@@H](C)CC2=O)N1. The summed E-state index contributed by atoms with van der Waals surface area (Å²) in [5.74, 6) is 0.241. The standard InChI is InChI=1S/C26H30N4O2/c1-15-13-20-25(21(31)14-15)24(18-9-11-19(12-10-18)30(4)5)23(17(3)28-20)26(32)29-22-8-6-7-16(2)27-22/h6-12,15,24,28H,13-14H2,1-5H3,(H,27,29,32)/t15-,24+/m1/s1. The first-order valence-electron chi connectivity index (χ1n) is 11.0. The van der Waals surface area contributed by atoms with Gasteiger partial charge in [0.2, 0.25) is 0 Å². The molecule has 0 bridgehead atoms. The fraction of sp³-hybridized carbons (Fsp3) is 0.346. The molecule has 1 aromatic carbocycles. The van der Waals surface area contributed by atoms with Crippen LogP contribution >= 0.6 is 0 Å². The number of benzene rings is 1. The van der Waals surface area contributed by atoms with E-state index in [1.165, 1.54) is 0 Å². The van der Waals surface area contributed by atoms with Crippen LogP contribution < -0.4 is 15.5 Å². The molecule has 2 aromatic rings. The van der Waals surface area contributed by atoms with Crippen LogP contribution in [0.3, 0.4) is 0 Å². The van der Waals surface area contributed by atoms with Gasteiger partial charge < -0.3 is 15.5 Å². The molecule has 2 N–H and O–H groups in total. The molecule has 0 radical (unpaired) electrons. The predicted octanol–water partition coefficient (Wildman–Crippen LogP) is 4.31. The Balaban J connectivity index is 1.78. The quantitative estimate of drug-likeness (QED) is 0.756. The van der Waals surface area contributed by atoms with E-state index in [2.05, 4.69) is 22.5 Å². The molecule has 6 nitrogen and oxygen atoms in total. The number of rotatable bonds is 4. The van der Waals surface area contributed by atoms with Gasteiger partial charge >= 0.3 is 0 Å². The van der Waals surface area contributed by atoms with Crippen LogP contribution in [0.15, 0.2) is 65.0 Å². The maximum absolute atomic E-state index is 13.5. The van der Waals surface area contributed by atoms with E-state index < -0.39 is 5.92 Å². The number of pyridine rings is 1. The predicted molar refractivity (Wildman–Crippen MR) is 127 cm³/mol. The van der Waals surface area contributed by atoms with Gasteiger partial charge in [0.25, 0.3) is 5.91 Å². The van der Waals surface area contributed by atoms with Gasteiger partial charge in [-0.3, -0.25) is 9.59 Å². The second-order valence-corrected chi connectivity index (χ2v) is 9.03. The zero-order chi connectivity index (χ0) is 23.0. The van der Waals surface area contributed by atoms with E-state index >= 15 is 0 Å². The Morgan fingerprint density at radius 3 is 2.47 bits per heavy atom. The highest BCUT2D eigenvalue weighted by molar-refractivity contribution is 6.09. The molecule has 166 valence electrons. The number of anilines is 2. The van der Waals surface area contributed by atoms with Crippen LogP contribution in [0.1, 0.15) is 43.9 Å². The molecule has 4 rings (SSSR count). The number of dihydropyridines is 1. The molecule has 0 spiro atoms. The number of carbonyl (C=O) groups excluding carboxylic acids is 2. The number of aryl methyl sites for hydroxylation is 1. The van der Waals surface area contributed by atoms with E-state index in [4.69, 9.17) is 0 Å². The Bertz CT molecular complexity index is 1130. The Morgan fingerprint density at radius 1 is 1.09 bits per heavy atom. The second-order valence-electron chi connectivity index (χ2n) is 9.03. The molecular weight excluding hydrogens is 400 g/mol. The molecule has 6 heteroatoms. The minimum Gasteiger partial charge on any atom is -0.378 e. The second kappa shape index (κ2) is 8.61. The van der Waals surface area contributed by atoms with Crippen molar-refractivity contribution in [3.63, 3.8) is 0 Å². The summed E-state index contributed by atoms with van der Waals surface area (Å²) in [5.41, 5.74) is 5.83. The number of carbonyl (C=O) groups is 2. The summed E-state index contributed by atoms with van der Waals surface area (Å²) in [6.45, 7) is 5.89. The number of nitrogens with one attached hydrogen (secondary N) is 2. The first-order valence-corrected chi connectivity index (χ1v) is 11.0. The number of nitrogens with zero attached hydrogens (tertiary/aromatic N) is 2. The van der Waals surface area contributed by atoms with Gasteiger partial charge in [-0.1, -0.05) is 25.1 Å². The normalized spacial score (nSPS) is 20.6. The molecule has 2 atom stereocenters. The van der Waals surface area contributed by atoms with Crippen molar-refractivity contribution in [1.82, 2.24) is 10.3 Å². The van der Waals surface area contributed by atoms with E-state index in [1.807, 2.05) is 69.2 Å². The Kier molecular flexibility index (Phi) is 5.87. The molecule has 2 aliphatic rings. The summed E-state index contributed by atoms with van der Waals surface area (Å²) in [4.78, 5) is 33.1. The Morgan fingerprint density at radius 2 is 1.81 bits per heavy atom. The lowest BCUT2D eigenvalue weighted by Gasteiger charge is -2.36. The summed E-state index contributed by atoms with van der Waals surface area (Å²) >= 11 is 0. The molecule has 2 heterocycles. The fourth-order valence-electron chi connectivity index (χ4n) is 4.63. The summed E-state index contributed by atoms with van der Waals surface area (Å²) in [7, 11) is 3.98. The fourth-order valence-corrected chi connectivity index (χ4v) is 4.63. The monoisotopic (exact) mass is 430 g/mol. The highest BCUT2D eigenvalue weighted by atomic mass is 16.2. The van der Waals surface area contributed by atoms with Crippen molar-refractivity contribution in [1.29, 1.82) is 0 Å². The lowest BCUT2D eigenvalue weighted by molar-refractivity contribution is -0.117. The molecule has 32 heavy (non-hydrogen) atoms. The molecule has 0 saturated heterocycles.